The van der Waals surface area contributed by atoms with Gasteiger partial charge in [-0.25, -0.2) is 4.79 Å². The minimum atomic E-state index is -0.420. The lowest BCUT2D eigenvalue weighted by molar-refractivity contribution is 0.398. The molecule has 1 aromatic carbocycles. The molecule has 104 valence electrons. The SMILES string of the molecule is CC(C)C(CN)CN(C)c1ccc2[nH]c(=O)oc2c1. The molecule has 0 aliphatic rings. The summed E-state index contributed by atoms with van der Waals surface area (Å²) < 4.78 is 5.08. The zero-order chi connectivity index (χ0) is 14.0. The van der Waals surface area contributed by atoms with Gasteiger partial charge in [0.05, 0.1) is 5.52 Å². The molecule has 0 aliphatic heterocycles. The van der Waals surface area contributed by atoms with Crippen molar-refractivity contribution in [2.75, 3.05) is 25.0 Å². The molecule has 2 rings (SSSR count). The van der Waals surface area contributed by atoms with Crippen molar-refractivity contribution in [2.45, 2.75) is 13.8 Å². The largest absolute Gasteiger partial charge is 0.417 e. The number of nitrogens with zero attached hydrogens (tertiary/aromatic N) is 1. The summed E-state index contributed by atoms with van der Waals surface area (Å²) in [6.07, 6.45) is 0. The summed E-state index contributed by atoms with van der Waals surface area (Å²) in [5.74, 6) is 0.567. The molecule has 1 atom stereocenters. The molecule has 3 N–H and O–H groups in total. The van der Waals surface area contributed by atoms with Gasteiger partial charge in [-0.05, 0) is 30.5 Å². The first kappa shape index (κ1) is 13.7. The Morgan fingerprint density at radius 1 is 1.42 bits per heavy atom. The van der Waals surface area contributed by atoms with Gasteiger partial charge in [-0.15, -0.1) is 0 Å². The lowest BCUT2D eigenvalue weighted by Crippen LogP contribution is -2.33. The van der Waals surface area contributed by atoms with Gasteiger partial charge in [0.2, 0.25) is 0 Å². The maximum absolute atomic E-state index is 11.1. The molecule has 0 amide bonds. The van der Waals surface area contributed by atoms with Crippen LogP contribution in [-0.2, 0) is 0 Å². The van der Waals surface area contributed by atoms with E-state index in [9.17, 15) is 4.79 Å². The lowest BCUT2D eigenvalue weighted by atomic mass is 9.95. The number of aromatic amines is 1. The summed E-state index contributed by atoms with van der Waals surface area (Å²) >= 11 is 0. The minimum absolute atomic E-state index is 0.420. The summed E-state index contributed by atoms with van der Waals surface area (Å²) in [5.41, 5.74) is 8.13. The van der Waals surface area contributed by atoms with E-state index in [0.29, 0.717) is 24.0 Å². The van der Waals surface area contributed by atoms with Crippen molar-refractivity contribution in [3.8, 4) is 0 Å². The second kappa shape index (κ2) is 5.48. The Morgan fingerprint density at radius 3 is 2.79 bits per heavy atom. The summed E-state index contributed by atoms with van der Waals surface area (Å²) in [7, 11) is 2.02. The van der Waals surface area contributed by atoms with E-state index in [0.717, 1.165) is 17.7 Å². The molecule has 0 spiro atoms. The molecule has 19 heavy (non-hydrogen) atoms. The van der Waals surface area contributed by atoms with Gasteiger partial charge in [-0.3, -0.25) is 4.98 Å². The summed E-state index contributed by atoms with van der Waals surface area (Å²) in [6.45, 7) is 5.91. The Bertz CT molecular complexity index is 600. The Labute approximate surface area is 112 Å². The third-order valence-electron chi connectivity index (χ3n) is 3.60. The van der Waals surface area contributed by atoms with Crippen LogP contribution in [0.3, 0.4) is 0 Å². The molecular formula is C14H21N3O2. The van der Waals surface area contributed by atoms with Crippen LogP contribution in [0.25, 0.3) is 11.1 Å². The van der Waals surface area contributed by atoms with Gasteiger partial charge in [0.25, 0.3) is 0 Å². The number of oxazole rings is 1. The normalized spacial score (nSPS) is 13.1. The number of fused-ring (bicyclic) bond motifs is 1. The number of nitrogens with one attached hydrogen (secondary N) is 1. The van der Waals surface area contributed by atoms with Crippen LogP contribution < -0.4 is 16.4 Å². The molecule has 1 aromatic heterocycles. The number of hydrogen-bond acceptors (Lipinski definition) is 4. The Kier molecular flexibility index (Phi) is 3.95. The highest BCUT2D eigenvalue weighted by molar-refractivity contribution is 5.76. The Balaban J connectivity index is 2.20. The topological polar surface area (TPSA) is 75.3 Å². The van der Waals surface area contributed by atoms with Crippen molar-refractivity contribution in [1.82, 2.24) is 4.98 Å². The molecule has 1 heterocycles. The van der Waals surface area contributed by atoms with Gasteiger partial charge < -0.3 is 15.1 Å². The van der Waals surface area contributed by atoms with Crippen LogP contribution in [0.5, 0.6) is 0 Å². The van der Waals surface area contributed by atoms with Crippen LogP contribution in [0.1, 0.15) is 13.8 Å². The van der Waals surface area contributed by atoms with Crippen molar-refractivity contribution < 1.29 is 4.42 Å². The predicted molar refractivity (Wildman–Crippen MR) is 77.5 cm³/mol. The molecule has 5 nitrogen and oxygen atoms in total. The fraction of sp³-hybridized carbons (Fsp3) is 0.500. The van der Waals surface area contributed by atoms with Crippen molar-refractivity contribution in [3.63, 3.8) is 0 Å². The fourth-order valence-corrected chi connectivity index (χ4v) is 2.19. The first-order chi connectivity index (χ1) is 9.01. The highest BCUT2D eigenvalue weighted by atomic mass is 16.4. The molecule has 0 fully saturated rings. The summed E-state index contributed by atoms with van der Waals surface area (Å²) in [6, 6.07) is 5.71. The van der Waals surface area contributed by atoms with Gasteiger partial charge in [0.1, 0.15) is 0 Å². The lowest BCUT2D eigenvalue weighted by Gasteiger charge is -2.27. The van der Waals surface area contributed by atoms with E-state index in [1.165, 1.54) is 0 Å². The van der Waals surface area contributed by atoms with E-state index < -0.39 is 5.76 Å². The maximum atomic E-state index is 11.1. The quantitative estimate of drug-likeness (QED) is 0.862. The Hall–Kier alpha value is -1.75. The number of hydrogen-bond donors (Lipinski definition) is 2. The zero-order valence-electron chi connectivity index (χ0n) is 11.6. The van der Waals surface area contributed by atoms with Crippen LogP contribution in [0.4, 0.5) is 5.69 Å². The van der Waals surface area contributed by atoms with Crippen LogP contribution >= 0.6 is 0 Å². The van der Waals surface area contributed by atoms with E-state index in [1.54, 1.807) is 0 Å². The van der Waals surface area contributed by atoms with Crippen LogP contribution in [0, 0.1) is 11.8 Å². The molecule has 1 unspecified atom stereocenters. The van der Waals surface area contributed by atoms with Crippen molar-refractivity contribution in [1.29, 1.82) is 0 Å². The Morgan fingerprint density at radius 2 is 2.16 bits per heavy atom. The summed E-state index contributed by atoms with van der Waals surface area (Å²) in [5, 5.41) is 0. The van der Waals surface area contributed by atoms with E-state index in [2.05, 4.69) is 23.7 Å². The number of rotatable bonds is 5. The number of benzene rings is 1. The molecule has 0 saturated heterocycles. The van der Waals surface area contributed by atoms with Gasteiger partial charge >= 0.3 is 5.76 Å². The third-order valence-corrected chi connectivity index (χ3v) is 3.60. The summed E-state index contributed by atoms with van der Waals surface area (Å²) in [4.78, 5) is 15.9. The minimum Gasteiger partial charge on any atom is -0.408 e. The van der Waals surface area contributed by atoms with Gasteiger partial charge in [0, 0.05) is 25.3 Å². The first-order valence-corrected chi connectivity index (χ1v) is 6.55. The zero-order valence-corrected chi connectivity index (χ0v) is 11.6. The fourth-order valence-electron chi connectivity index (χ4n) is 2.19. The van der Waals surface area contributed by atoms with Gasteiger partial charge in [0.15, 0.2) is 5.58 Å². The van der Waals surface area contributed by atoms with E-state index in [1.807, 2.05) is 25.2 Å². The van der Waals surface area contributed by atoms with Crippen LogP contribution in [-0.4, -0.2) is 25.1 Å². The second-order valence-corrected chi connectivity index (χ2v) is 5.32. The van der Waals surface area contributed by atoms with E-state index >= 15 is 0 Å². The number of anilines is 1. The molecule has 2 aromatic rings. The number of aromatic nitrogens is 1. The van der Waals surface area contributed by atoms with Gasteiger partial charge in [-0.1, -0.05) is 13.8 Å². The van der Waals surface area contributed by atoms with E-state index in [-0.39, 0.29) is 0 Å². The molecule has 0 saturated carbocycles. The third kappa shape index (κ3) is 2.98. The number of nitrogens with two attached hydrogens (primary N) is 1. The standard InChI is InChI=1S/C14H21N3O2/c1-9(2)10(7-15)8-17(3)11-4-5-12-13(6-11)19-14(18)16-12/h4-6,9-10H,7-8,15H2,1-3H3,(H,16,18). The molecular weight excluding hydrogens is 242 g/mol. The maximum Gasteiger partial charge on any atom is 0.417 e. The average Bonchev–Trinajstić information content (AvgIpc) is 2.74. The highest BCUT2D eigenvalue weighted by Crippen LogP contribution is 2.21. The van der Waals surface area contributed by atoms with Crippen molar-refractivity contribution in [3.05, 3.63) is 28.7 Å². The highest BCUT2D eigenvalue weighted by Gasteiger charge is 2.15. The smallest absolute Gasteiger partial charge is 0.408 e. The van der Waals surface area contributed by atoms with Crippen LogP contribution in [0.2, 0.25) is 0 Å². The molecule has 0 aliphatic carbocycles. The monoisotopic (exact) mass is 263 g/mol. The molecule has 5 heteroatoms. The van der Waals surface area contributed by atoms with E-state index in [4.69, 9.17) is 10.2 Å². The first-order valence-electron chi connectivity index (χ1n) is 6.55. The average molecular weight is 263 g/mol. The van der Waals surface area contributed by atoms with Crippen molar-refractivity contribution in [2.24, 2.45) is 17.6 Å². The van der Waals surface area contributed by atoms with Crippen molar-refractivity contribution >= 4 is 16.8 Å². The molecule has 0 bridgehead atoms. The van der Waals surface area contributed by atoms with Gasteiger partial charge in [-0.2, -0.15) is 0 Å². The number of H-pyrrole nitrogens is 1. The van der Waals surface area contributed by atoms with Crippen LogP contribution in [0.15, 0.2) is 27.4 Å². The second-order valence-electron chi connectivity index (χ2n) is 5.32. The predicted octanol–water partition coefficient (Wildman–Crippen LogP) is 1.79. The molecule has 0 radical (unpaired) electrons.